The van der Waals surface area contributed by atoms with E-state index in [9.17, 15) is 9.59 Å². The average Bonchev–Trinajstić information content (AvgIpc) is 2.49. The van der Waals surface area contributed by atoms with Gasteiger partial charge in [0, 0.05) is 6.08 Å². The van der Waals surface area contributed by atoms with E-state index in [0.717, 1.165) is 31.1 Å². The molecule has 0 aromatic heterocycles. The fourth-order valence-electron chi connectivity index (χ4n) is 3.97. The molecule has 0 heterocycles. The van der Waals surface area contributed by atoms with Crippen LogP contribution in [0, 0.1) is 17.8 Å². The number of hydrogen-bond acceptors (Lipinski definition) is 3. The lowest BCUT2D eigenvalue weighted by molar-refractivity contribution is 0.206. The van der Waals surface area contributed by atoms with Crippen LogP contribution >= 0.6 is 0 Å². The molecule has 2 saturated carbocycles. The molecule has 2 rings (SSSR count). The molecule has 0 saturated heterocycles. The zero-order valence-electron chi connectivity index (χ0n) is 12.2. The van der Waals surface area contributed by atoms with Crippen LogP contribution in [-0.4, -0.2) is 18.1 Å². The van der Waals surface area contributed by atoms with Crippen molar-refractivity contribution < 1.29 is 9.59 Å². The lowest BCUT2D eigenvalue weighted by atomic mass is 9.74. The summed E-state index contributed by atoms with van der Waals surface area (Å²) in [5.41, 5.74) is 0. The van der Waals surface area contributed by atoms with Crippen LogP contribution in [0.4, 0.5) is 0 Å². The summed E-state index contributed by atoms with van der Waals surface area (Å²) >= 11 is 0. The summed E-state index contributed by atoms with van der Waals surface area (Å²) in [5, 5.41) is 0. The number of rotatable bonds is 5. The van der Waals surface area contributed by atoms with Crippen LogP contribution in [-0.2, 0) is 9.59 Å². The fourth-order valence-corrected chi connectivity index (χ4v) is 3.97. The lowest BCUT2D eigenvalue weighted by Crippen LogP contribution is -2.22. The van der Waals surface area contributed by atoms with E-state index in [1.807, 2.05) is 5.94 Å². The molecule has 0 aromatic carbocycles. The van der Waals surface area contributed by atoms with Crippen molar-refractivity contribution >= 4 is 12.0 Å². The molecule has 2 aliphatic carbocycles. The molecular formula is C17H25NO2. The molecule has 110 valence electrons. The summed E-state index contributed by atoms with van der Waals surface area (Å²) in [4.78, 5) is 24.4. The molecule has 0 radical (unpaired) electrons. The molecule has 0 amide bonds. The Bertz CT molecular complexity index is 378. The second-order valence-electron chi connectivity index (χ2n) is 6.58. The van der Waals surface area contributed by atoms with Gasteiger partial charge in [-0.05, 0) is 69.1 Å². The van der Waals surface area contributed by atoms with E-state index in [4.69, 9.17) is 0 Å². The predicted octanol–water partition coefficient (Wildman–Crippen LogP) is 3.86. The van der Waals surface area contributed by atoms with Gasteiger partial charge in [0.2, 0.25) is 6.08 Å². The molecule has 3 nitrogen and oxygen atoms in total. The van der Waals surface area contributed by atoms with Crippen molar-refractivity contribution in [2.75, 3.05) is 0 Å². The van der Waals surface area contributed by atoms with E-state index >= 15 is 0 Å². The van der Waals surface area contributed by atoms with Gasteiger partial charge in [-0.2, -0.15) is 0 Å². The maximum atomic E-state index is 10.3. The molecule has 0 atom stereocenters. The SMILES string of the molecule is O=C=CCC1CCC(CC2CCC(N=C=O)CC2)CC1. The number of carbonyl (C=O) groups excluding carboxylic acids is 2. The minimum Gasteiger partial charge on any atom is -0.234 e. The molecule has 0 bridgehead atoms. The van der Waals surface area contributed by atoms with Crippen LogP contribution in [0.2, 0.25) is 0 Å². The Hall–Kier alpha value is -1.17. The predicted molar refractivity (Wildman–Crippen MR) is 78.8 cm³/mol. The van der Waals surface area contributed by atoms with Gasteiger partial charge in [-0.25, -0.2) is 14.6 Å². The van der Waals surface area contributed by atoms with Crippen molar-refractivity contribution in [1.82, 2.24) is 0 Å². The first kappa shape index (κ1) is 15.2. The van der Waals surface area contributed by atoms with Gasteiger partial charge in [-0.1, -0.05) is 12.8 Å². The molecule has 2 fully saturated rings. The number of aliphatic imine (C=N–C) groups is 1. The molecule has 0 spiro atoms. The first-order valence-corrected chi connectivity index (χ1v) is 8.08. The standard InChI is InChI=1S/C17H25NO2/c19-11-1-2-14-3-5-15(6-4-14)12-16-7-9-17(10-8-16)18-13-20/h1,14-17H,2-10,12H2. The summed E-state index contributed by atoms with van der Waals surface area (Å²) in [5.74, 6) is 4.32. The van der Waals surface area contributed by atoms with Gasteiger partial charge < -0.3 is 0 Å². The number of nitrogens with zero attached hydrogens (tertiary/aromatic N) is 1. The summed E-state index contributed by atoms with van der Waals surface area (Å²) in [6, 6.07) is 0.245. The third-order valence-electron chi connectivity index (χ3n) is 5.22. The zero-order chi connectivity index (χ0) is 14.2. The van der Waals surface area contributed by atoms with Crippen molar-refractivity contribution in [2.24, 2.45) is 22.7 Å². The van der Waals surface area contributed by atoms with E-state index in [-0.39, 0.29) is 6.04 Å². The van der Waals surface area contributed by atoms with E-state index in [2.05, 4.69) is 4.99 Å². The molecule has 0 unspecified atom stereocenters. The monoisotopic (exact) mass is 275 g/mol. The van der Waals surface area contributed by atoms with Crippen molar-refractivity contribution in [3.8, 4) is 0 Å². The van der Waals surface area contributed by atoms with Crippen LogP contribution in [0.25, 0.3) is 0 Å². The van der Waals surface area contributed by atoms with Gasteiger partial charge in [0.15, 0.2) is 0 Å². The van der Waals surface area contributed by atoms with Crippen LogP contribution in [0.5, 0.6) is 0 Å². The van der Waals surface area contributed by atoms with E-state index < -0.39 is 0 Å². The second kappa shape index (κ2) is 8.19. The maximum absolute atomic E-state index is 10.3. The Labute approximate surface area is 121 Å². The van der Waals surface area contributed by atoms with Crippen molar-refractivity contribution in [3.05, 3.63) is 6.08 Å². The van der Waals surface area contributed by atoms with Crippen LogP contribution in [0.1, 0.15) is 64.2 Å². The van der Waals surface area contributed by atoms with Crippen LogP contribution in [0.15, 0.2) is 11.1 Å². The van der Waals surface area contributed by atoms with Gasteiger partial charge in [0.25, 0.3) is 0 Å². The summed E-state index contributed by atoms with van der Waals surface area (Å²) in [6.45, 7) is 0. The van der Waals surface area contributed by atoms with E-state index in [1.54, 1.807) is 12.2 Å². The normalized spacial score (nSPS) is 33.8. The largest absolute Gasteiger partial charge is 0.235 e. The Kier molecular flexibility index (Phi) is 6.24. The Balaban J connectivity index is 1.66. The third-order valence-corrected chi connectivity index (χ3v) is 5.22. The van der Waals surface area contributed by atoms with Crippen molar-refractivity contribution in [3.63, 3.8) is 0 Å². The number of isocyanates is 1. The summed E-state index contributed by atoms with van der Waals surface area (Å²) in [6.07, 6.45) is 15.4. The molecule has 2 aliphatic rings. The van der Waals surface area contributed by atoms with E-state index in [1.165, 1.54) is 44.9 Å². The van der Waals surface area contributed by atoms with Crippen molar-refractivity contribution in [2.45, 2.75) is 70.3 Å². The fraction of sp³-hybridized carbons (Fsp3) is 0.824. The third kappa shape index (κ3) is 4.74. The minimum absolute atomic E-state index is 0.245. The Morgan fingerprint density at radius 1 is 0.850 bits per heavy atom. The van der Waals surface area contributed by atoms with Crippen LogP contribution < -0.4 is 0 Å². The molecule has 0 aliphatic heterocycles. The first-order valence-electron chi connectivity index (χ1n) is 8.08. The second-order valence-corrected chi connectivity index (χ2v) is 6.58. The van der Waals surface area contributed by atoms with E-state index in [0.29, 0.717) is 5.92 Å². The molecule has 3 heteroatoms. The highest BCUT2D eigenvalue weighted by molar-refractivity contribution is 5.44. The van der Waals surface area contributed by atoms with Crippen LogP contribution in [0.3, 0.4) is 0 Å². The molecule has 0 N–H and O–H groups in total. The highest BCUT2D eigenvalue weighted by Gasteiger charge is 2.26. The topological polar surface area (TPSA) is 46.5 Å². The Morgan fingerprint density at radius 2 is 1.40 bits per heavy atom. The Morgan fingerprint density at radius 3 is 1.95 bits per heavy atom. The molecule has 0 aromatic rings. The first-order chi connectivity index (χ1) is 9.81. The smallest absolute Gasteiger partial charge is 0.234 e. The highest BCUT2D eigenvalue weighted by Crippen LogP contribution is 2.38. The minimum atomic E-state index is 0.245. The van der Waals surface area contributed by atoms with Crippen molar-refractivity contribution in [1.29, 1.82) is 0 Å². The number of hydrogen-bond donors (Lipinski definition) is 0. The zero-order valence-corrected chi connectivity index (χ0v) is 12.2. The van der Waals surface area contributed by atoms with Gasteiger partial charge >= 0.3 is 0 Å². The number of allylic oxidation sites excluding steroid dienone is 1. The molecular weight excluding hydrogens is 250 g/mol. The maximum Gasteiger partial charge on any atom is 0.235 e. The quantitative estimate of drug-likeness (QED) is 0.434. The van der Waals surface area contributed by atoms with Gasteiger partial charge in [0.05, 0.1) is 6.04 Å². The molecule has 20 heavy (non-hydrogen) atoms. The van der Waals surface area contributed by atoms with Gasteiger partial charge in [-0.15, -0.1) is 0 Å². The summed E-state index contributed by atoms with van der Waals surface area (Å²) in [7, 11) is 0. The van der Waals surface area contributed by atoms with Gasteiger partial charge in [0.1, 0.15) is 5.94 Å². The average molecular weight is 275 g/mol. The van der Waals surface area contributed by atoms with Gasteiger partial charge in [-0.3, -0.25) is 0 Å². The lowest BCUT2D eigenvalue weighted by Gasteiger charge is -2.32. The highest BCUT2D eigenvalue weighted by atomic mass is 16.1. The summed E-state index contributed by atoms with van der Waals surface area (Å²) < 4.78 is 0.